The van der Waals surface area contributed by atoms with Gasteiger partial charge in [-0.2, -0.15) is 4.31 Å². The van der Waals surface area contributed by atoms with Crippen LogP contribution in [0.5, 0.6) is 0 Å². The minimum absolute atomic E-state index is 0.305. The third kappa shape index (κ3) is 5.84. The molecular formula is C12H25NO3S. The molecule has 1 heterocycles. The maximum atomic E-state index is 11.9. The summed E-state index contributed by atoms with van der Waals surface area (Å²) in [6.07, 6.45) is 6.70. The third-order valence-corrected chi connectivity index (χ3v) is 5.08. The highest BCUT2D eigenvalue weighted by molar-refractivity contribution is 7.89. The normalized spacial score (nSPS) is 18.4. The fourth-order valence-electron chi connectivity index (χ4n) is 2.02. The predicted molar refractivity (Wildman–Crippen MR) is 69.6 cm³/mol. The molecule has 1 rings (SSSR count). The second-order valence-corrected chi connectivity index (χ2v) is 6.68. The van der Waals surface area contributed by atoms with Gasteiger partial charge in [-0.25, -0.2) is 8.42 Å². The molecule has 4 nitrogen and oxygen atoms in total. The van der Waals surface area contributed by atoms with E-state index in [1.165, 1.54) is 19.3 Å². The molecule has 0 aromatic heterocycles. The second kappa shape index (κ2) is 8.06. The van der Waals surface area contributed by atoms with E-state index in [4.69, 9.17) is 4.74 Å². The number of morpholine rings is 1. The molecule has 1 fully saturated rings. The van der Waals surface area contributed by atoms with Crippen molar-refractivity contribution >= 4 is 10.0 Å². The predicted octanol–water partition coefficient (Wildman–Crippen LogP) is 2.01. The minimum Gasteiger partial charge on any atom is -0.379 e. The molecule has 17 heavy (non-hydrogen) atoms. The summed E-state index contributed by atoms with van der Waals surface area (Å²) < 4.78 is 30.6. The van der Waals surface area contributed by atoms with Crippen LogP contribution in [0.15, 0.2) is 0 Å². The lowest BCUT2D eigenvalue weighted by atomic mass is 10.1. The minimum atomic E-state index is -3.02. The van der Waals surface area contributed by atoms with Gasteiger partial charge in [0, 0.05) is 13.1 Å². The first-order chi connectivity index (χ1) is 8.17. The Morgan fingerprint density at radius 1 is 1.00 bits per heavy atom. The van der Waals surface area contributed by atoms with Crippen molar-refractivity contribution in [1.29, 1.82) is 0 Å². The molecule has 0 unspecified atom stereocenters. The van der Waals surface area contributed by atoms with Crippen LogP contribution in [-0.4, -0.2) is 44.8 Å². The maximum Gasteiger partial charge on any atom is 0.214 e. The summed E-state index contributed by atoms with van der Waals surface area (Å²) in [6, 6.07) is 0. The fourth-order valence-corrected chi connectivity index (χ4v) is 3.55. The number of unbranched alkanes of at least 4 members (excludes halogenated alkanes) is 5. The molecule has 0 aliphatic carbocycles. The smallest absolute Gasteiger partial charge is 0.214 e. The topological polar surface area (TPSA) is 46.6 Å². The Bertz CT molecular complexity index is 284. The Balaban J connectivity index is 2.15. The van der Waals surface area contributed by atoms with Crippen molar-refractivity contribution < 1.29 is 13.2 Å². The third-order valence-electron chi connectivity index (χ3n) is 3.12. The molecule has 0 aromatic carbocycles. The van der Waals surface area contributed by atoms with Crippen LogP contribution < -0.4 is 0 Å². The first-order valence-corrected chi connectivity index (χ1v) is 8.33. The van der Waals surface area contributed by atoms with Gasteiger partial charge in [0.1, 0.15) is 0 Å². The van der Waals surface area contributed by atoms with Gasteiger partial charge in [0.2, 0.25) is 10.0 Å². The van der Waals surface area contributed by atoms with Crippen molar-refractivity contribution in [3.05, 3.63) is 0 Å². The molecule has 5 heteroatoms. The molecule has 0 bridgehead atoms. The highest BCUT2D eigenvalue weighted by Gasteiger charge is 2.23. The summed E-state index contributed by atoms with van der Waals surface area (Å²) in [6.45, 7) is 4.31. The van der Waals surface area contributed by atoms with Gasteiger partial charge in [0.05, 0.1) is 19.0 Å². The second-order valence-electron chi connectivity index (χ2n) is 4.60. The van der Waals surface area contributed by atoms with E-state index in [9.17, 15) is 8.42 Å². The van der Waals surface area contributed by atoms with Crippen LogP contribution in [0.2, 0.25) is 0 Å². The van der Waals surface area contributed by atoms with Crippen LogP contribution in [0.4, 0.5) is 0 Å². The molecule has 102 valence electrons. The van der Waals surface area contributed by atoms with Crippen LogP contribution in [-0.2, 0) is 14.8 Å². The maximum absolute atomic E-state index is 11.9. The summed E-state index contributed by atoms with van der Waals surface area (Å²) in [7, 11) is -3.02. The molecule has 0 saturated carbocycles. The van der Waals surface area contributed by atoms with Crippen molar-refractivity contribution in [2.45, 2.75) is 45.4 Å². The fraction of sp³-hybridized carbons (Fsp3) is 1.00. The Morgan fingerprint density at radius 2 is 1.59 bits per heavy atom. The van der Waals surface area contributed by atoms with Gasteiger partial charge in [-0.05, 0) is 6.42 Å². The van der Waals surface area contributed by atoms with Gasteiger partial charge in [-0.1, -0.05) is 39.0 Å². The van der Waals surface area contributed by atoms with Gasteiger partial charge in [0.15, 0.2) is 0 Å². The lowest BCUT2D eigenvalue weighted by Gasteiger charge is -2.25. The molecule has 0 N–H and O–H groups in total. The van der Waals surface area contributed by atoms with Crippen LogP contribution in [0.25, 0.3) is 0 Å². The Labute approximate surface area is 105 Å². The zero-order valence-electron chi connectivity index (χ0n) is 10.9. The van der Waals surface area contributed by atoms with Crippen LogP contribution in [0.1, 0.15) is 45.4 Å². The first kappa shape index (κ1) is 14.9. The van der Waals surface area contributed by atoms with Gasteiger partial charge < -0.3 is 4.74 Å². The molecule has 0 radical (unpaired) electrons. The first-order valence-electron chi connectivity index (χ1n) is 6.72. The lowest BCUT2D eigenvalue weighted by molar-refractivity contribution is 0.0730. The van der Waals surface area contributed by atoms with Crippen molar-refractivity contribution in [1.82, 2.24) is 4.31 Å². The molecule has 1 saturated heterocycles. The summed E-state index contributed by atoms with van der Waals surface area (Å²) in [5.41, 5.74) is 0. The lowest BCUT2D eigenvalue weighted by Crippen LogP contribution is -2.41. The number of hydrogen-bond donors (Lipinski definition) is 0. The van der Waals surface area contributed by atoms with Crippen molar-refractivity contribution in [2.24, 2.45) is 0 Å². The van der Waals surface area contributed by atoms with E-state index in [2.05, 4.69) is 6.92 Å². The quantitative estimate of drug-likeness (QED) is 0.629. The summed E-state index contributed by atoms with van der Waals surface area (Å²) in [5.74, 6) is 0.305. The van der Waals surface area contributed by atoms with Crippen molar-refractivity contribution in [3.8, 4) is 0 Å². The van der Waals surface area contributed by atoms with Gasteiger partial charge >= 0.3 is 0 Å². The standard InChI is InChI=1S/C12H25NO3S/c1-2-3-4-5-6-7-12-17(14,15)13-8-10-16-11-9-13/h2-12H2,1H3. The Kier molecular flexibility index (Phi) is 7.08. The van der Waals surface area contributed by atoms with Crippen LogP contribution >= 0.6 is 0 Å². The number of rotatable bonds is 8. The average molecular weight is 263 g/mol. The van der Waals surface area contributed by atoms with E-state index in [0.29, 0.717) is 32.1 Å². The molecule has 0 atom stereocenters. The summed E-state index contributed by atoms with van der Waals surface area (Å²) in [4.78, 5) is 0. The summed E-state index contributed by atoms with van der Waals surface area (Å²) in [5, 5.41) is 0. The molecule has 0 amide bonds. The van der Waals surface area contributed by atoms with E-state index in [0.717, 1.165) is 19.3 Å². The molecule has 0 spiro atoms. The van der Waals surface area contributed by atoms with Crippen LogP contribution in [0.3, 0.4) is 0 Å². The molecule has 1 aliphatic rings. The highest BCUT2D eigenvalue weighted by Crippen LogP contribution is 2.10. The van der Waals surface area contributed by atoms with Gasteiger partial charge in [0.25, 0.3) is 0 Å². The van der Waals surface area contributed by atoms with E-state index >= 15 is 0 Å². The Morgan fingerprint density at radius 3 is 2.24 bits per heavy atom. The number of ether oxygens (including phenoxy) is 1. The zero-order valence-corrected chi connectivity index (χ0v) is 11.7. The SMILES string of the molecule is CCCCCCCCS(=O)(=O)N1CCOCC1. The number of hydrogen-bond acceptors (Lipinski definition) is 3. The number of nitrogens with zero attached hydrogens (tertiary/aromatic N) is 1. The van der Waals surface area contributed by atoms with E-state index in [1.54, 1.807) is 4.31 Å². The largest absolute Gasteiger partial charge is 0.379 e. The zero-order chi connectivity index (χ0) is 12.6. The summed E-state index contributed by atoms with van der Waals surface area (Å²) >= 11 is 0. The van der Waals surface area contributed by atoms with E-state index in [1.807, 2.05) is 0 Å². The highest BCUT2D eigenvalue weighted by atomic mass is 32.2. The Hall–Kier alpha value is -0.130. The van der Waals surface area contributed by atoms with Gasteiger partial charge in [-0.15, -0.1) is 0 Å². The molecular weight excluding hydrogens is 238 g/mol. The average Bonchev–Trinajstić information content (AvgIpc) is 2.35. The number of sulfonamides is 1. The van der Waals surface area contributed by atoms with E-state index in [-0.39, 0.29) is 0 Å². The van der Waals surface area contributed by atoms with Crippen molar-refractivity contribution in [3.63, 3.8) is 0 Å². The molecule has 1 aliphatic heterocycles. The van der Waals surface area contributed by atoms with Gasteiger partial charge in [-0.3, -0.25) is 0 Å². The monoisotopic (exact) mass is 263 g/mol. The van der Waals surface area contributed by atoms with Crippen LogP contribution in [0, 0.1) is 0 Å². The molecule has 0 aromatic rings. The van der Waals surface area contributed by atoms with E-state index < -0.39 is 10.0 Å². The van der Waals surface area contributed by atoms with Crippen molar-refractivity contribution in [2.75, 3.05) is 32.1 Å².